The maximum Gasteiger partial charge on any atom is 0.223 e. The highest BCUT2D eigenvalue weighted by molar-refractivity contribution is 5.87. The number of hydrogen-bond donors (Lipinski definition) is 3. The van der Waals surface area contributed by atoms with Crippen LogP contribution in [0.1, 0.15) is 31.5 Å². The van der Waals surface area contributed by atoms with E-state index in [2.05, 4.69) is 25.5 Å². The molecule has 9 nitrogen and oxygen atoms in total. The number of aryl methyl sites for hydroxylation is 1. The maximum absolute atomic E-state index is 14.9. The third-order valence-electron chi connectivity index (χ3n) is 5.97. The summed E-state index contributed by atoms with van der Waals surface area (Å²) in [4.78, 5) is 8.22. The van der Waals surface area contributed by atoms with Gasteiger partial charge >= 0.3 is 0 Å². The van der Waals surface area contributed by atoms with E-state index in [1.807, 2.05) is 0 Å². The predicted molar refractivity (Wildman–Crippen MR) is 113 cm³/mol. The highest BCUT2D eigenvalue weighted by Gasteiger charge is 2.43. The molecule has 3 aromatic rings. The van der Waals surface area contributed by atoms with E-state index >= 15 is 0 Å². The van der Waals surface area contributed by atoms with Gasteiger partial charge in [0.2, 0.25) is 5.95 Å². The Labute approximate surface area is 187 Å². The average Bonchev–Trinajstić information content (AvgIpc) is 3.16. The van der Waals surface area contributed by atoms with Crippen molar-refractivity contribution in [1.29, 1.82) is 0 Å². The molecule has 2 fully saturated rings. The summed E-state index contributed by atoms with van der Waals surface area (Å²) in [7, 11) is 0. The highest BCUT2D eigenvalue weighted by atomic mass is 19.1. The molecule has 2 aliphatic rings. The number of anilines is 1. The molecule has 174 valence electrons. The topological polar surface area (TPSA) is 123 Å². The summed E-state index contributed by atoms with van der Waals surface area (Å²) in [5, 5.41) is 32.1. The standard InChI is InChI=1S/C22H23F2N5O4/c1-9-12-4-10(5-13(23)17(12)28-29-19(9)22(2,3)31)16-14(24)7-25-21(27-16)26-15-6-11-8-32-20(33-11)18(15)30/h4-5,7,11,15,18,20,30-31H,6,8H2,1-3H3,(H,25,26,27)/t11-,15+,18-,20+/m0/s1. The van der Waals surface area contributed by atoms with Crippen LogP contribution >= 0.6 is 0 Å². The van der Waals surface area contributed by atoms with Gasteiger partial charge in [0, 0.05) is 10.9 Å². The molecule has 2 aliphatic heterocycles. The number of aliphatic hydroxyl groups is 2. The Morgan fingerprint density at radius 1 is 1.18 bits per heavy atom. The lowest BCUT2D eigenvalue weighted by Crippen LogP contribution is -2.48. The third-order valence-corrected chi connectivity index (χ3v) is 5.97. The smallest absolute Gasteiger partial charge is 0.223 e. The zero-order valence-electron chi connectivity index (χ0n) is 18.2. The minimum Gasteiger partial charge on any atom is -0.386 e. The van der Waals surface area contributed by atoms with E-state index in [0.717, 1.165) is 12.3 Å². The lowest BCUT2D eigenvalue weighted by molar-refractivity contribution is -0.156. The largest absolute Gasteiger partial charge is 0.386 e. The number of ether oxygens (including phenoxy) is 2. The number of nitrogens with zero attached hydrogens (tertiary/aromatic N) is 4. The van der Waals surface area contributed by atoms with Crippen LogP contribution < -0.4 is 5.32 Å². The molecular formula is C22H23F2N5O4. The Hall–Kier alpha value is -2.86. The zero-order chi connectivity index (χ0) is 23.5. The average molecular weight is 459 g/mol. The van der Waals surface area contributed by atoms with Crippen molar-refractivity contribution >= 4 is 16.9 Å². The van der Waals surface area contributed by atoms with E-state index in [0.29, 0.717) is 29.7 Å². The quantitative estimate of drug-likeness (QED) is 0.539. The number of fused-ring (bicyclic) bond motifs is 3. The Bertz CT molecular complexity index is 1240. The van der Waals surface area contributed by atoms with Gasteiger partial charge < -0.3 is 25.0 Å². The molecule has 0 saturated carbocycles. The minimum absolute atomic E-state index is 0.0119. The summed E-state index contributed by atoms with van der Waals surface area (Å²) in [5.41, 5.74) is -0.392. The van der Waals surface area contributed by atoms with Crippen LogP contribution in [0, 0.1) is 18.6 Å². The molecule has 2 bridgehead atoms. The first-order valence-electron chi connectivity index (χ1n) is 10.6. The summed E-state index contributed by atoms with van der Waals surface area (Å²) in [6.07, 6.45) is -0.371. The van der Waals surface area contributed by atoms with E-state index < -0.39 is 35.7 Å². The molecular weight excluding hydrogens is 436 g/mol. The van der Waals surface area contributed by atoms with Crippen molar-refractivity contribution in [3.8, 4) is 11.3 Å². The van der Waals surface area contributed by atoms with Crippen molar-refractivity contribution in [2.45, 2.75) is 57.3 Å². The molecule has 0 aliphatic carbocycles. The first-order valence-corrected chi connectivity index (χ1v) is 10.6. The lowest BCUT2D eigenvalue weighted by atomic mass is 9.96. The van der Waals surface area contributed by atoms with Crippen molar-refractivity contribution in [3.05, 3.63) is 41.2 Å². The van der Waals surface area contributed by atoms with Gasteiger partial charge in [0.15, 0.2) is 17.9 Å². The fourth-order valence-corrected chi connectivity index (χ4v) is 4.34. The van der Waals surface area contributed by atoms with Crippen LogP contribution in [0.3, 0.4) is 0 Å². The summed E-state index contributed by atoms with van der Waals surface area (Å²) < 4.78 is 40.5. The highest BCUT2D eigenvalue weighted by Crippen LogP contribution is 2.33. The van der Waals surface area contributed by atoms with Gasteiger partial charge in [-0.2, -0.15) is 5.10 Å². The Kier molecular flexibility index (Phi) is 5.24. The SMILES string of the molecule is Cc1c(C(C)(C)O)nnc2c(F)cc(-c3nc(N[C@@H]4C[C@H]5CO[C@H](O5)[C@H]4O)ncc3F)cc12. The van der Waals surface area contributed by atoms with E-state index in [9.17, 15) is 19.0 Å². The fourth-order valence-electron chi connectivity index (χ4n) is 4.34. The van der Waals surface area contributed by atoms with Gasteiger partial charge in [0.1, 0.15) is 22.9 Å². The van der Waals surface area contributed by atoms with Gasteiger partial charge in [0.25, 0.3) is 0 Å². The number of benzene rings is 1. The number of rotatable bonds is 4. The maximum atomic E-state index is 14.9. The molecule has 33 heavy (non-hydrogen) atoms. The molecule has 5 rings (SSSR count). The Balaban J connectivity index is 1.53. The minimum atomic E-state index is -1.29. The second-order valence-electron chi connectivity index (χ2n) is 8.91. The van der Waals surface area contributed by atoms with E-state index in [1.165, 1.54) is 0 Å². The first kappa shape index (κ1) is 22.0. The molecule has 3 N–H and O–H groups in total. The second kappa shape index (κ2) is 7.87. The van der Waals surface area contributed by atoms with Gasteiger partial charge in [-0.1, -0.05) is 0 Å². The third kappa shape index (κ3) is 3.90. The molecule has 1 aromatic carbocycles. The zero-order valence-corrected chi connectivity index (χ0v) is 18.2. The van der Waals surface area contributed by atoms with Crippen molar-refractivity contribution < 1.29 is 28.5 Å². The van der Waals surface area contributed by atoms with Crippen LogP contribution in [0.5, 0.6) is 0 Å². The first-order chi connectivity index (χ1) is 15.6. The van der Waals surface area contributed by atoms with Crippen molar-refractivity contribution in [3.63, 3.8) is 0 Å². The molecule has 2 aromatic heterocycles. The van der Waals surface area contributed by atoms with E-state index in [4.69, 9.17) is 9.47 Å². The Morgan fingerprint density at radius 2 is 1.97 bits per heavy atom. The van der Waals surface area contributed by atoms with Crippen LogP contribution in [-0.2, 0) is 15.1 Å². The molecule has 0 amide bonds. The van der Waals surface area contributed by atoms with E-state index in [1.54, 1.807) is 26.8 Å². The van der Waals surface area contributed by atoms with Crippen molar-refractivity contribution in [1.82, 2.24) is 20.2 Å². The molecule has 0 spiro atoms. The van der Waals surface area contributed by atoms with Crippen LogP contribution in [0.15, 0.2) is 18.3 Å². The van der Waals surface area contributed by atoms with Gasteiger partial charge in [-0.25, -0.2) is 18.7 Å². The molecule has 4 heterocycles. The molecule has 11 heteroatoms. The fraction of sp³-hybridized carbons (Fsp3) is 0.455. The second-order valence-corrected chi connectivity index (χ2v) is 8.91. The predicted octanol–water partition coefficient (Wildman–Crippen LogP) is 2.19. The summed E-state index contributed by atoms with van der Waals surface area (Å²) in [6, 6.07) is 2.24. The van der Waals surface area contributed by atoms with Crippen LogP contribution in [0.2, 0.25) is 0 Å². The molecule has 2 saturated heterocycles. The molecule has 4 atom stereocenters. The van der Waals surface area contributed by atoms with Crippen molar-refractivity contribution in [2.75, 3.05) is 11.9 Å². The number of aliphatic hydroxyl groups excluding tert-OH is 1. The monoisotopic (exact) mass is 459 g/mol. The number of aromatic nitrogens is 4. The molecule has 0 radical (unpaired) electrons. The van der Waals surface area contributed by atoms with Crippen molar-refractivity contribution in [2.24, 2.45) is 0 Å². The number of hydrogen-bond acceptors (Lipinski definition) is 9. The van der Waals surface area contributed by atoms with E-state index in [-0.39, 0.29) is 28.8 Å². The summed E-state index contributed by atoms with van der Waals surface area (Å²) in [5.74, 6) is -1.35. The summed E-state index contributed by atoms with van der Waals surface area (Å²) in [6.45, 7) is 5.19. The van der Waals surface area contributed by atoms with Gasteiger partial charge in [-0.15, -0.1) is 5.10 Å². The normalized spacial score (nSPS) is 24.9. The van der Waals surface area contributed by atoms with Crippen LogP contribution in [0.25, 0.3) is 22.2 Å². The van der Waals surface area contributed by atoms with Crippen LogP contribution in [0.4, 0.5) is 14.7 Å². The molecule has 0 unspecified atom stereocenters. The van der Waals surface area contributed by atoms with Gasteiger partial charge in [0.05, 0.1) is 30.6 Å². The summed E-state index contributed by atoms with van der Waals surface area (Å²) >= 11 is 0. The lowest BCUT2D eigenvalue weighted by Gasteiger charge is -2.32. The van der Waals surface area contributed by atoms with Crippen LogP contribution in [-0.4, -0.2) is 61.5 Å². The van der Waals surface area contributed by atoms with Gasteiger partial charge in [-0.05, 0) is 44.9 Å². The van der Waals surface area contributed by atoms with Gasteiger partial charge in [-0.3, -0.25) is 0 Å². The number of nitrogens with one attached hydrogen (secondary N) is 1. The number of halogens is 2. The Morgan fingerprint density at radius 3 is 2.73 bits per heavy atom.